The number of ether oxygens (including phenoxy) is 2. The number of benzene rings is 1. The van der Waals surface area contributed by atoms with Gasteiger partial charge >= 0.3 is 5.97 Å². The number of carbonyl (C=O) groups excluding carboxylic acids is 2. The molecule has 0 aromatic heterocycles. The van der Waals surface area contributed by atoms with Crippen molar-refractivity contribution in [3.63, 3.8) is 0 Å². The van der Waals surface area contributed by atoms with E-state index in [2.05, 4.69) is 11.7 Å². The molecule has 0 aliphatic carbocycles. The predicted octanol–water partition coefficient (Wildman–Crippen LogP) is 4.27. The molecule has 1 heterocycles. The Morgan fingerprint density at radius 3 is 2.64 bits per heavy atom. The normalized spacial score (nSPS) is 15.8. The third-order valence-electron chi connectivity index (χ3n) is 3.58. The van der Waals surface area contributed by atoms with Gasteiger partial charge in [0.2, 0.25) is 0 Å². The van der Waals surface area contributed by atoms with E-state index < -0.39 is 5.97 Å². The molecule has 1 aromatic rings. The highest BCUT2D eigenvalue weighted by Gasteiger charge is 2.33. The lowest BCUT2D eigenvalue weighted by Crippen LogP contribution is -2.33. The van der Waals surface area contributed by atoms with E-state index >= 15 is 0 Å². The fraction of sp³-hybridized carbons (Fsp3) is 0.389. The second kappa shape index (κ2) is 9.58. The predicted molar refractivity (Wildman–Crippen MR) is 104 cm³/mol. The number of unbranched alkanes of at least 4 members (excludes halogenated alkanes) is 2. The summed E-state index contributed by atoms with van der Waals surface area (Å²) in [7, 11) is 1.28. The number of hydrogen-bond donors (Lipinski definition) is 0. The lowest BCUT2D eigenvalue weighted by Gasteiger charge is -2.12. The summed E-state index contributed by atoms with van der Waals surface area (Å²) in [4.78, 5) is 25.6. The maximum Gasteiger partial charge on any atom is 0.325 e. The maximum atomic E-state index is 12.0. The van der Waals surface area contributed by atoms with Crippen LogP contribution in [0.4, 0.5) is 4.79 Å². The van der Waals surface area contributed by atoms with Crippen LogP contribution in [0.2, 0.25) is 0 Å². The molecule has 0 N–H and O–H groups in total. The van der Waals surface area contributed by atoms with Crippen LogP contribution in [0.1, 0.15) is 31.7 Å². The zero-order valence-electron chi connectivity index (χ0n) is 14.3. The highest BCUT2D eigenvalue weighted by molar-refractivity contribution is 8.19. The van der Waals surface area contributed by atoms with Crippen molar-refractivity contribution in [2.75, 3.05) is 20.3 Å². The minimum absolute atomic E-state index is 0.164. The van der Waals surface area contributed by atoms with Crippen molar-refractivity contribution in [3.05, 3.63) is 34.7 Å². The van der Waals surface area contributed by atoms with Gasteiger partial charge in [0.05, 0.1) is 18.6 Å². The zero-order valence-corrected chi connectivity index (χ0v) is 16.0. The number of carbonyl (C=O) groups is 2. The number of esters is 1. The van der Waals surface area contributed by atoms with Gasteiger partial charge in [-0.15, -0.1) is 0 Å². The van der Waals surface area contributed by atoms with Crippen LogP contribution in [0, 0.1) is 0 Å². The largest absolute Gasteiger partial charge is 0.494 e. The molecule has 0 unspecified atom stereocenters. The highest BCUT2D eigenvalue weighted by Crippen LogP contribution is 2.33. The summed E-state index contributed by atoms with van der Waals surface area (Å²) in [5, 5.41) is -0.266. The van der Waals surface area contributed by atoms with Crippen LogP contribution in [0.15, 0.2) is 29.2 Å². The molecule has 0 spiro atoms. The van der Waals surface area contributed by atoms with Gasteiger partial charge in [-0.3, -0.25) is 14.5 Å². The van der Waals surface area contributed by atoms with Crippen molar-refractivity contribution in [3.8, 4) is 5.75 Å². The van der Waals surface area contributed by atoms with Crippen molar-refractivity contribution >= 4 is 46.3 Å². The summed E-state index contributed by atoms with van der Waals surface area (Å²) in [6.07, 6.45) is 5.21. The number of methoxy groups -OCH3 is 1. The molecular weight excluding hydrogens is 358 g/mol. The first-order chi connectivity index (χ1) is 12.0. The third-order valence-corrected chi connectivity index (χ3v) is 5.08. The molecule has 7 heteroatoms. The van der Waals surface area contributed by atoms with Crippen molar-refractivity contribution in [1.29, 1.82) is 0 Å². The standard InChI is InChI=1S/C18H21NO4S2/c1-3-4-5-10-23-14-8-6-13(7-9-14)11-15-17(24)19(18(21)25-15)12-16(20)22-2/h6-9,11H,3-5,10,12H2,1-2H3. The number of hydrogen-bond acceptors (Lipinski definition) is 6. The van der Waals surface area contributed by atoms with Gasteiger partial charge in [-0.2, -0.15) is 0 Å². The number of rotatable bonds is 8. The Morgan fingerprint density at radius 1 is 1.28 bits per heavy atom. The number of amides is 1. The summed E-state index contributed by atoms with van der Waals surface area (Å²) in [6.45, 7) is 2.71. The Labute approximate surface area is 157 Å². The molecule has 1 aromatic carbocycles. The van der Waals surface area contributed by atoms with Crippen LogP contribution in [0.25, 0.3) is 6.08 Å². The summed E-state index contributed by atoms with van der Waals surface area (Å²) in [6, 6.07) is 7.63. The van der Waals surface area contributed by atoms with Gasteiger partial charge in [-0.1, -0.05) is 44.1 Å². The van der Waals surface area contributed by atoms with Gasteiger partial charge in [0, 0.05) is 0 Å². The van der Waals surface area contributed by atoms with E-state index in [-0.39, 0.29) is 11.8 Å². The van der Waals surface area contributed by atoms with E-state index in [1.165, 1.54) is 18.4 Å². The minimum Gasteiger partial charge on any atom is -0.494 e. The Bertz CT molecular complexity index is 670. The maximum absolute atomic E-state index is 12.0. The number of nitrogens with zero attached hydrogens (tertiary/aromatic N) is 1. The molecule has 0 atom stereocenters. The van der Waals surface area contributed by atoms with Gasteiger partial charge in [0.1, 0.15) is 17.3 Å². The first kappa shape index (κ1) is 19.5. The van der Waals surface area contributed by atoms with E-state index in [4.69, 9.17) is 17.0 Å². The Hall–Kier alpha value is -1.86. The van der Waals surface area contributed by atoms with E-state index in [0.717, 1.165) is 35.9 Å². The number of thioether (sulfide) groups is 1. The fourth-order valence-corrected chi connectivity index (χ4v) is 3.42. The highest BCUT2D eigenvalue weighted by atomic mass is 32.2. The van der Waals surface area contributed by atoms with Crippen molar-refractivity contribution in [2.45, 2.75) is 26.2 Å². The van der Waals surface area contributed by atoms with Crippen LogP contribution in [0.3, 0.4) is 0 Å². The summed E-state index contributed by atoms with van der Waals surface area (Å²) >= 11 is 6.32. The molecule has 5 nitrogen and oxygen atoms in total. The molecule has 0 saturated carbocycles. The van der Waals surface area contributed by atoms with E-state index in [0.29, 0.717) is 16.5 Å². The molecule has 2 rings (SSSR count). The Kier molecular flexibility index (Phi) is 7.46. The smallest absolute Gasteiger partial charge is 0.325 e. The third kappa shape index (κ3) is 5.57. The van der Waals surface area contributed by atoms with Crippen LogP contribution in [-0.2, 0) is 9.53 Å². The van der Waals surface area contributed by atoms with Crippen LogP contribution >= 0.6 is 24.0 Å². The van der Waals surface area contributed by atoms with E-state index in [1.807, 2.05) is 30.3 Å². The molecule has 0 radical (unpaired) electrons. The lowest BCUT2D eigenvalue weighted by atomic mass is 10.2. The monoisotopic (exact) mass is 379 g/mol. The average molecular weight is 380 g/mol. The van der Waals surface area contributed by atoms with Gasteiger partial charge in [-0.05, 0) is 42.0 Å². The second-order valence-corrected chi connectivity index (χ2v) is 6.85. The first-order valence-electron chi connectivity index (χ1n) is 8.10. The molecule has 25 heavy (non-hydrogen) atoms. The molecule has 1 aliphatic heterocycles. The number of thiocarbonyl (C=S) groups is 1. The molecule has 134 valence electrons. The summed E-state index contributed by atoms with van der Waals surface area (Å²) in [5.74, 6) is 0.324. The van der Waals surface area contributed by atoms with Crippen molar-refractivity contribution in [2.24, 2.45) is 0 Å². The molecule has 1 amide bonds. The van der Waals surface area contributed by atoms with Gasteiger partial charge < -0.3 is 9.47 Å². The SMILES string of the molecule is CCCCCOc1ccc(C=C2SC(=O)N(CC(=O)OC)C2=S)cc1. The second-order valence-electron chi connectivity index (χ2n) is 5.47. The molecule has 1 aliphatic rings. The summed E-state index contributed by atoms with van der Waals surface area (Å²) < 4.78 is 10.3. The Morgan fingerprint density at radius 2 is 2.00 bits per heavy atom. The fourth-order valence-electron chi connectivity index (χ4n) is 2.18. The zero-order chi connectivity index (χ0) is 18.2. The van der Waals surface area contributed by atoms with E-state index in [1.54, 1.807) is 0 Å². The van der Waals surface area contributed by atoms with Crippen molar-refractivity contribution in [1.82, 2.24) is 4.90 Å². The lowest BCUT2D eigenvalue weighted by molar-refractivity contribution is -0.140. The van der Waals surface area contributed by atoms with Crippen molar-refractivity contribution < 1.29 is 19.1 Å². The first-order valence-corrected chi connectivity index (χ1v) is 9.32. The molecule has 1 fully saturated rings. The molecule has 0 bridgehead atoms. The van der Waals surface area contributed by atoms with Crippen LogP contribution in [-0.4, -0.2) is 41.4 Å². The van der Waals surface area contributed by atoms with E-state index in [9.17, 15) is 9.59 Å². The molecular formula is C18H21NO4S2. The van der Waals surface area contributed by atoms with Gasteiger partial charge in [0.25, 0.3) is 5.24 Å². The Balaban J connectivity index is 1.99. The minimum atomic E-state index is -0.498. The van der Waals surface area contributed by atoms with Gasteiger partial charge in [-0.25, -0.2) is 0 Å². The summed E-state index contributed by atoms with van der Waals surface area (Å²) in [5.41, 5.74) is 0.915. The molecule has 1 saturated heterocycles. The van der Waals surface area contributed by atoms with Crippen LogP contribution in [0.5, 0.6) is 5.75 Å². The quantitative estimate of drug-likeness (QED) is 0.291. The average Bonchev–Trinajstić information content (AvgIpc) is 2.87. The van der Waals surface area contributed by atoms with Crippen LogP contribution < -0.4 is 4.74 Å². The topological polar surface area (TPSA) is 55.8 Å². The van der Waals surface area contributed by atoms with Gasteiger partial charge in [0.15, 0.2) is 0 Å².